The number of carbonyl (C=O) groups is 1. The number of benzene rings is 2. The van der Waals surface area contributed by atoms with E-state index < -0.39 is 0 Å². The summed E-state index contributed by atoms with van der Waals surface area (Å²) in [5.74, 6) is 1.65. The lowest BCUT2D eigenvalue weighted by molar-refractivity contribution is 0.0940. The Morgan fingerprint density at radius 3 is 2.70 bits per heavy atom. The van der Waals surface area contributed by atoms with Crippen LogP contribution in [-0.4, -0.2) is 44.0 Å². The van der Waals surface area contributed by atoms with Crippen LogP contribution >= 0.6 is 11.6 Å². The number of nitrogens with one attached hydrogen (secondary N) is 2. The minimum absolute atomic E-state index is 0.0287. The largest absolute Gasteiger partial charge is 0.496 e. The van der Waals surface area contributed by atoms with E-state index in [9.17, 15) is 4.79 Å². The number of aromatic nitrogens is 5. The Labute approximate surface area is 197 Å². The van der Waals surface area contributed by atoms with Crippen LogP contribution in [0.1, 0.15) is 55.5 Å². The summed E-state index contributed by atoms with van der Waals surface area (Å²) in [6.07, 6.45) is 2.25. The molecule has 1 amide bonds. The van der Waals surface area contributed by atoms with Gasteiger partial charge in [0.2, 0.25) is 0 Å². The van der Waals surface area contributed by atoms with Crippen molar-refractivity contribution in [3.8, 4) is 17.1 Å². The predicted octanol–water partition coefficient (Wildman–Crippen LogP) is 4.79. The summed E-state index contributed by atoms with van der Waals surface area (Å²) in [7, 11) is 1.55. The van der Waals surface area contributed by atoms with E-state index in [2.05, 4.69) is 29.4 Å². The first-order valence-corrected chi connectivity index (χ1v) is 11.2. The lowest BCUT2D eigenvalue weighted by Crippen LogP contribution is -2.30. The van der Waals surface area contributed by atoms with Gasteiger partial charge >= 0.3 is 0 Å². The third kappa shape index (κ3) is 4.57. The summed E-state index contributed by atoms with van der Waals surface area (Å²) >= 11 is 6.64. The number of rotatable bonds is 7. The van der Waals surface area contributed by atoms with Gasteiger partial charge in [-0.25, -0.2) is 9.67 Å². The Morgan fingerprint density at radius 2 is 2.00 bits per heavy atom. The standard InChI is InChI=1S/C24H27ClN6O2/c1-13(2)27-24(32)17-8-6-16(10-20(17)33-5)23-28-21(31(30-23)14(3)4)11-15-7-9-19-18(22(15)25)12-26-29-19/h6-10,12-14H,11H2,1-5H3,(H,26,29)(H,27,32). The van der Waals surface area contributed by atoms with Gasteiger partial charge in [0, 0.05) is 29.5 Å². The first kappa shape index (κ1) is 22.8. The highest BCUT2D eigenvalue weighted by atomic mass is 35.5. The summed E-state index contributed by atoms with van der Waals surface area (Å²) in [6.45, 7) is 7.95. The zero-order chi connectivity index (χ0) is 23.7. The van der Waals surface area contributed by atoms with Crippen LogP contribution in [0.2, 0.25) is 5.02 Å². The average molecular weight is 467 g/mol. The molecule has 0 radical (unpaired) electrons. The maximum absolute atomic E-state index is 12.5. The second-order valence-corrected chi connectivity index (χ2v) is 8.86. The van der Waals surface area contributed by atoms with E-state index in [1.54, 1.807) is 25.4 Å². The van der Waals surface area contributed by atoms with Gasteiger partial charge in [-0.05, 0) is 51.5 Å². The Kier molecular flexibility index (Phi) is 6.37. The molecule has 2 aromatic heterocycles. The molecular weight excluding hydrogens is 440 g/mol. The number of amides is 1. The first-order valence-electron chi connectivity index (χ1n) is 10.8. The van der Waals surface area contributed by atoms with Gasteiger partial charge in [0.15, 0.2) is 5.82 Å². The van der Waals surface area contributed by atoms with Gasteiger partial charge in [0.25, 0.3) is 5.91 Å². The molecule has 0 atom stereocenters. The molecule has 0 unspecified atom stereocenters. The van der Waals surface area contributed by atoms with E-state index in [0.717, 1.165) is 27.9 Å². The van der Waals surface area contributed by atoms with Gasteiger partial charge in [0.05, 0.1) is 29.4 Å². The predicted molar refractivity (Wildman–Crippen MR) is 129 cm³/mol. The molecule has 0 bridgehead atoms. The lowest BCUT2D eigenvalue weighted by atomic mass is 10.1. The zero-order valence-corrected chi connectivity index (χ0v) is 20.1. The van der Waals surface area contributed by atoms with Gasteiger partial charge in [-0.2, -0.15) is 10.2 Å². The topological polar surface area (TPSA) is 97.7 Å². The number of fused-ring (bicyclic) bond motifs is 1. The molecule has 172 valence electrons. The molecule has 8 nitrogen and oxygen atoms in total. The van der Waals surface area contributed by atoms with Crippen molar-refractivity contribution in [1.82, 2.24) is 30.3 Å². The molecule has 2 heterocycles. The van der Waals surface area contributed by atoms with E-state index >= 15 is 0 Å². The Hall–Kier alpha value is -3.39. The summed E-state index contributed by atoms with van der Waals surface area (Å²) < 4.78 is 7.39. The average Bonchev–Trinajstić information content (AvgIpc) is 3.42. The highest BCUT2D eigenvalue weighted by molar-refractivity contribution is 6.36. The van der Waals surface area contributed by atoms with Crippen molar-refractivity contribution in [2.24, 2.45) is 0 Å². The second kappa shape index (κ2) is 9.23. The fourth-order valence-corrected chi connectivity index (χ4v) is 3.99. The number of aromatic amines is 1. The van der Waals surface area contributed by atoms with Crippen molar-refractivity contribution in [1.29, 1.82) is 0 Å². The maximum atomic E-state index is 12.5. The quantitative estimate of drug-likeness (QED) is 0.408. The monoisotopic (exact) mass is 466 g/mol. The number of ether oxygens (including phenoxy) is 1. The number of hydrogen-bond acceptors (Lipinski definition) is 5. The van der Waals surface area contributed by atoms with Crippen LogP contribution in [0.15, 0.2) is 36.5 Å². The highest BCUT2D eigenvalue weighted by Gasteiger charge is 2.19. The molecule has 0 aliphatic carbocycles. The number of halogens is 1. The number of methoxy groups -OCH3 is 1. The van der Waals surface area contributed by atoms with Crippen molar-refractivity contribution < 1.29 is 9.53 Å². The third-order valence-electron chi connectivity index (χ3n) is 5.30. The molecule has 33 heavy (non-hydrogen) atoms. The summed E-state index contributed by atoms with van der Waals surface area (Å²) in [6, 6.07) is 9.46. The Bertz CT molecular complexity index is 1310. The number of nitrogens with zero attached hydrogens (tertiary/aromatic N) is 4. The van der Waals surface area contributed by atoms with Gasteiger partial charge in [-0.1, -0.05) is 23.7 Å². The molecule has 0 aliphatic rings. The second-order valence-electron chi connectivity index (χ2n) is 8.48. The minimum Gasteiger partial charge on any atom is -0.496 e. The molecule has 0 spiro atoms. The third-order valence-corrected chi connectivity index (χ3v) is 5.75. The van der Waals surface area contributed by atoms with Crippen molar-refractivity contribution in [3.63, 3.8) is 0 Å². The van der Waals surface area contributed by atoms with Crippen LogP contribution in [0.25, 0.3) is 22.3 Å². The molecule has 2 aromatic carbocycles. The zero-order valence-electron chi connectivity index (χ0n) is 19.3. The molecular formula is C24H27ClN6O2. The molecule has 4 rings (SSSR count). The van der Waals surface area contributed by atoms with Crippen LogP contribution in [0.3, 0.4) is 0 Å². The molecule has 0 saturated heterocycles. The van der Waals surface area contributed by atoms with E-state index in [1.165, 1.54) is 0 Å². The first-order chi connectivity index (χ1) is 15.8. The summed E-state index contributed by atoms with van der Waals surface area (Å²) in [5.41, 5.74) is 3.08. The fraction of sp³-hybridized carbons (Fsp3) is 0.333. The molecule has 0 aliphatic heterocycles. The summed E-state index contributed by atoms with van der Waals surface area (Å²) in [5, 5.41) is 16.2. The number of carbonyl (C=O) groups excluding carboxylic acids is 1. The number of H-pyrrole nitrogens is 1. The van der Waals surface area contributed by atoms with E-state index in [0.29, 0.717) is 28.6 Å². The number of hydrogen-bond donors (Lipinski definition) is 2. The van der Waals surface area contributed by atoms with Crippen molar-refractivity contribution in [2.45, 2.75) is 46.2 Å². The van der Waals surface area contributed by atoms with Crippen molar-refractivity contribution in [3.05, 3.63) is 58.5 Å². The molecule has 2 N–H and O–H groups in total. The van der Waals surface area contributed by atoms with Crippen LogP contribution < -0.4 is 10.1 Å². The fourth-order valence-electron chi connectivity index (χ4n) is 3.70. The Morgan fingerprint density at radius 1 is 1.21 bits per heavy atom. The van der Waals surface area contributed by atoms with E-state index in [1.807, 2.05) is 36.7 Å². The minimum atomic E-state index is -0.181. The van der Waals surface area contributed by atoms with Gasteiger partial charge < -0.3 is 10.1 Å². The van der Waals surface area contributed by atoms with Crippen LogP contribution in [0.5, 0.6) is 5.75 Å². The summed E-state index contributed by atoms with van der Waals surface area (Å²) in [4.78, 5) is 17.3. The Balaban J connectivity index is 1.70. The van der Waals surface area contributed by atoms with Crippen molar-refractivity contribution in [2.75, 3.05) is 7.11 Å². The van der Waals surface area contributed by atoms with Gasteiger partial charge in [-0.3, -0.25) is 9.89 Å². The van der Waals surface area contributed by atoms with E-state index in [-0.39, 0.29) is 18.0 Å². The van der Waals surface area contributed by atoms with Crippen molar-refractivity contribution >= 4 is 28.4 Å². The highest BCUT2D eigenvalue weighted by Crippen LogP contribution is 2.30. The molecule has 4 aromatic rings. The normalized spacial score (nSPS) is 11.5. The van der Waals surface area contributed by atoms with E-state index in [4.69, 9.17) is 26.4 Å². The van der Waals surface area contributed by atoms with Gasteiger partial charge in [-0.15, -0.1) is 0 Å². The molecule has 0 fully saturated rings. The molecule has 0 saturated carbocycles. The van der Waals surface area contributed by atoms with Gasteiger partial charge in [0.1, 0.15) is 11.6 Å². The molecule has 9 heteroatoms. The smallest absolute Gasteiger partial charge is 0.255 e. The lowest BCUT2D eigenvalue weighted by Gasteiger charge is -2.12. The SMILES string of the molecule is COc1cc(-c2nc(Cc3ccc4[nH]ncc4c3Cl)n(C(C)C)n2)ccc1C(=O)NC(C)C. The van der Waals surface area contributed by atoms with Crippen LogP contribution in [0.4, 0.5) is 0 Å². The van der Waals surface area contributed by atoms with Crippen LogP contribution in [0, 0.1) is 0 Å². The van der Waals surface area contributed by atoms with Crippen LogP contribution in [-0.2, 0) is 6.42 Å². The maximum Gasteiger partial charge on any atom is 0.255 e.